The molecule has 0 amide bonds. The largest absolute Gasteiger partial charge is 0.464 e. The minimum atomic E-state index is -0.399. The summed E-state index contributed by atoms with van der Waals surface area (Å²) in [5, 5.41) is 0. The summed E-state index contributed by atoms with van der Waals surface area (Å²) >= 11 is 0. The molecule has 96 valence electrons. The number of rotatable bonds is 3. The van der Waals surface area contributed by atoms with Gasteiger partial charge >= 0.3 is 5.97 Å². The van der Waals surface area contributed by atoms with Crippen molar-refractivity contribution in [2.45, 2.75) is 13.3 Å². The summed E-state index contributed by atoms with van der Waals surface area (Å²) in [6, 6.07) is 12.0. The SMILES string of the molecule is Bc1ccc(-c2cc(CC)nc(C(=O)OC)c2)cc1. The zero-order valence-corrected chi connectivity index (χ0v) is 11.4. The Labute approximate surface area is 114 Å². The predicted octanol–water partition coefficient (Wildman–Crippen LogP) is 1.36. The van der Waals surface area contributed by atoms with Gasteiger partial charge in [0.25, 0.3) is 0 Å². The van der Waals surface area contributed by atoms with Crippen molar-refractivity contribution in [3.05, 3.63) is 47.8 Å². The Morgan fingerprint density at radius 1 is 1.21 bits per heavy atom. The molecule has 2 aromatic rings. The van der Waals surface area contributed by atoms with E-state index in [-0.39, 0.29) is 0 Å². The molecule has 0 aliphatic carbocycles. The Hall–Kier alpha value is -2.10. The lowest BCUT2D eigenvalue weighted by molar-refractivity contribution is 0.0594. The first-order valence-corrected chi connectivity index (χ1v) is 6.30. The highest BCUT2D eigenvalue weighted by atomic mass is 16.5. The molecule has 1 aromatic carbocycles. The molecule has 0 spiro atoms. The summed E-state index contributed by atoms with van der Waals surface area (Å²) in [5.41, 5.74) is 4.53. The number of esters is 1. The van der Waals surface area contributed by atoms with Crippen LogP contribution >= 0.6 is 0 Å². The molecule has 0 radical (unpaired) electrons. The number of pyridine rings is 1. The van der Waals surface area contributed by atoms with Crippen LogP contribution in [0.3, 0.4) is 0 Å². The highest BCUT2D eigenvalue weighted by Gasteiger charge is 2.11. The average Bonchev–Trinajstić information content (AvgIpc) is 2.46. The second-order valence-corrected chi connectivity index (χ2v) is 4.44. The smallest absolute Gasteiger partial charge is 0.356 e. The predicted molar refractivity (Wildman–Crippen MR) is 78.6 cm³/mol. The summed E-state index contributed by atoms with van der Waals surface area (Å²) in [5.74, 6) is -0.399. The Morgan fingerprint density at radius 2 is 1.89 bits per heavy atom. The van der Waals surface area contributed by atoms with Crippen LogP contribution in [0.1, 0.15) is 23.1 Å². The summed E-state index contributed by atoms with van der Waals surface area (Å²) in [4.78, 5) is 15.9. The van der Waals surface area contributed by atoms with Crippen molar-refractivity contribution in [3.63, 3.8) is 0 Å². The van der Waals surface area contributed by atoms with Crippen molar-refractivity contribution < 1.29 is 9.53 Å². The zero-order valence-electron chi connectivity index (χ0n) is 11.4. The number of ether oxygens (including phenoxy) is 1. The fourth-order valence-electron chi connectivity index (χ4n) is 1.89. The van der Waals surface area contributed by atoms with Gasteiger partial charge in [0.05, 0.1) is 7.11 Å². The van der Waals surface area contributed by atoms with Crippen molar-refractivity contribution in [2.75, 3.05) is 7.11 Å². The molecule has 1 heterocycles. The van der Waals surface area contributed by atoms with E-state index in [0.717, 1.165) is 23.2 Å². The van der Waals surface area contributed by atoms with Crippen LogP contribution in [-0.2, 0) is 11.2 Å². The van der Waals surface area contributed by atoms with Gasteiger partial charge in [-0.1, -0.05) is 36.7 Å². The molecule has 0 N–H and O–H groups in total. The molecule has 0 unspecified atom stereocenters. The first-order chi connectivity index (χ1) is 9.13. The topological polar surface area (TPSA) is 39.2 Å². The van der Waals surface area contributed by atoms with Gasteiger partial charge in [0.1, 0.15) is 13.5 Å². The number of carbonyl (C=O) groups is 1. The van der Waals surface area contributed by atoms with E-state index in [0.29, 0.717) is 5.69 Å². The van der Waals surface area contributed by atoms with Gasteiger partial charge in [-0.25, -0.2) is 9.78 Å². The van der Waals surface area contributed by atoms with Gasteiger partial charge in [0, 0.05) is 5.69 Å². The summed E-state index contributed by atoms with van der Waals surface area (Å²) in [6.07, 6.45) is 0.781. The highest BCUT2D eigenvalue weighted by molar-refractivity contribution is 6.32. The van der Waals surface area contributed by atoms with Gasteiger partial charge in [-0.15, -0.1) is 0 Å². The standard InChI is InChI=1S/C15H16BNO2/c1-3-13-8-11(9-14(17-13)15(18)19-2)10-4-6-12(16)7-5-10/h4-9H,3,16H2,1-2H3. The first kappa shape index (κ1) is 13.3. The van der Waals surface area contributed by atoms with Crippen LogP contribution in [0, 0.1) is 0 Å². The minimum absolute atomic E-state index is 0.359. The van der Waals surface area contributed by atoms with E-state index in [2.05, 4.69) is 17.1 Å². The molecule has 19 heavy (non-hydrogen) atoms. The van der Waals surface area contributed by atoms with Crippen LogP contribution < -0.4 is 5.46 Å². The Kier molecular flexibility index (Phi) is 4.00. The average molecular weight is 253 g/mol. The minimum Gasteiger partial charge on any atom is -0.464 e. The van der Waals surface area contributed by atoms with Gasteiger partial charge in [0.15, 0.2) is 0 Å². The third-order valence-corrected chi connectivity index (χ3v) is 3.02. The van der Waals surface area contributed by atoms with Gasteiger partial charge < -0.3 is 4.74 Å². The van der Waals surface area contributed by atoms with Crippen LogP contribution in [0.25, 0.3) is 11.1 Å². The van der Waals surface area contributed by atoms with Crippen LogP contribution in [0.2, 0.25) is 0 Å². The molecule has 0 aliphatic heterocycles. The molecule has 0 saturated heterocycles. The number of methoxy groups -OCH3 is 1. The van der Waals surface area contributed by atoms with Crippen LogP contribution in [0.4, 0.5) is 0 Å². The Balaban J connectivity index is 2.50. The van der Waals surface area contributed by atoms with E-state index in [1.807, 2.05) is 33.0 Å². The van der Waals surface area contributed by atoms with E-state index in [1.165, 1.54) is 12.6 Å². The fourth-order valence-corrected chi connectivity index (χ4v) is 1.89. The summed E-state index contributed by atoms with van der Waals surface area (Å²) in [6.45, 7) is 2.02. The maximum atomic E-state index is 11.6. The molecule has 0 bridgehead atoms. The number of benzene rings is 1. The quantitative estimate of drug-likeness (QED) is 0.612. The zero-order chi connectivity index (χ0) is 13.8. The van der Waals surface area contributed by atoms with E-state index in [4.69, 9.17) is 4.74 Å². The third kappa shape index (κ3) is 3.02. The number of hydrogen-bond donors (Lipinski definition) is 0. The first-order valence-electron chi connectivity index (χ1n) is 6.30. The van der Waals surface area contributed by atoms with E-state index < -0.39 is 5.97 Å². The van der Waals surface area contributed by atoms with Crippen molar-refractivity contribution in [1.29, 1.82) is 0 Å². The van der Waals surface area contributed by atoms with Gasteiger partial charge in [-0.3, -0.25) is 0 Å². The van der Waals surface area contributed by atoms with Crippen molar-refractivity contribution >= 4 is 19.3 Å². The maximum absolute atomic E-state index is 11.6. The lowest BCUT2D eigenvalue weighted by Gasteiger charge is -2.07. The van der Waals surface area contributed by atoms with Crippen LogP contribution in [0.15, 0.2) is 36.4 Å². The lowest BCUT2D eigenvalue weighted by atomic mass is 9.93. The van der Waals surface area contributed by atoms with E-state index in [9.17, 15) is 4.79 Å². The van der Waals surface area contributed by atoms with Crippen LogP contribution in [-0.4, -0.2) is 25.9 Å². The number of aromatic nitrogens is 1. The third-order valence-electron chi connectivity index (χ3n) is 3.02. The lowest BCUT2D eigenvalue weighted by Crippen LogP contribution is -2.06. The van der Waals surface area contributed by atoms with E-state index >= 15 is 0 Å². The molecule has 0 saturated carbocycles. The normalized spacial score (nSPS) is 10.2. The fraction of sp³-hybridized carbons (Fsp3) is 0.200. The molecule has 2 rings (SSSR count). The summed E-state index contributed by atoms with van der Waals surface area (Å²) in [7, 11) is 3.42. The highest BCUT2D eigenvalue weighted by Crippen LogP contribution is 2.20. The van der Waals surface area contributed by atoms with Crippen molar-refractivity contribution in [2.24, 2.45) is 0 Å². The summed E-state index contributed by atoms with van der Waals surface area (Å²) < 4.78 is 4.74. The Morgan fingerprint density at radius 3 is 2.47 bits per heavy atom. The van der Waals surface area contributed by atoms with Crippen molar-refractivity contribution in [3.8, 4) is 11.1 Å². The second-order valence-electron chi connectivity index (χ2n) is 4.44. The monoisotopic (exact) mass is 253 g/mol. The maximum Gasteiger partial charge on any atom is 0.356 e. The van der Waals surface area contributed by atoms with Gasteiger partial charge in [-0.05, 0) is 29.7 Å². The second kappa shape index (κ2) is 5.70. The van der Waals surface area contributed by atoms with E-state index in [1.54, 1.807) is 6.07 Å². The molecule has 1 aromatic heterocycles. The molecule has 4 heteroatoms. The molecule has 0 aliphatic rings. The molecule has 3 nitrogen and oxygen atoms in total. The molecule has 0 fully saturated rings. The number of nitrogens with zero attached hydrogens (tertiary/aromatic N) is 1. The molecule has 0 atom stereocenters. The van der Waals surface area contributed by atoms with Crippen molar-refractivity contribution in [1.82, 2.24) is 4.98 Å². The molecular formula is C15H16BNO2. The number of carbonyl (C=O) groups excluding carboxylic acids is 1. The molecular weight excluding hydrogens is 237 g/mol. The number of aryl methyl sites for hydroxylation is 1. The van der Waals surface area contributed by atoms with Gasteiger partial charge in [-0.2, -0.15) is 0 Å². The van der Waals surface area contributed by atoms with Gasteiger partial charge in [0.2, 0.25) is 0 Å². The van der Waals surface area contributed by atoms with Crippen LogP contribution in [0.5, 0.6) is 0 Å². The Bertz CT molecular complexity index is 594. The number of hydrogen-bond acceptors (Lipinski definition) is 3.